The summed E-state index contributed by atoms with van der Waals surface area (Å²) < 4.78 is 60.4. The normalized spacial score (nSPS) is 15.7. The Morgan fingerprint density at radius 1 is 1.22 bits per heavy atom. The van der Waals surface area contributed by atoms with Crippen LogP contribution in [0.25, 0.3) is 0 Å². The molecule has 0 aliphatic carbocycles. The molecular formula is C10H12ClF3O2S2. The number of rotatable bonds is 2. The average molecular weight is 321 g/mol. The topological polar surface area (TPSA) is 34.1 Å². The Bertz CT molecular complexity index is 526. The minimum absolute atomic E-state index is 0.303. The molecule has 0 aromatic carbocycles. The first kappa shape index (κ1) is 15.8. The van der Waals surface area contributed by atoms with Gasteiger partial charge in [-0.05, 0) is 17.5 Å². The predicted molar refractivity (Wildman–Crippen MR) is 66.6 cm³/mol. The molecule has 0 aliphatic heterocycles. The minimum atomic E-state index is -4.92. The predicted octanol–water partition coefficient (Wildman–Crippen LogP) is 4.22. The summed E-state index contributed by atoms with van der Waals surface area (Å²) in [4.78, 5) is 0.370. The fourth-order valence-electron chi connectivity index (χ4n) is 1.36. The van der Waals surface area contributed by atoms with Crippen molar-refractivity contribution in [2.45, 2.75) is 37.6 Å². The summed E-state index contributed by atoms with van der Waals surface area (Å²) in [7, 11) is 0.151. The van der Waals surface area contributed by atoms with Gasteiger partial charge in [0.25, 0.3) is 0 Å². The van der Waals surface area contributed by atoms with Gasteiger partial charge >= 0.3 is 6.18 Å². The second-order valence-electron chi connectivity index (χ2n) is 4.85. The van der Waals surface area contributed by atoms with Crippen LogP contribution in [-0.2, 0) is 14.5 Å². The highest BCUT2D eigenvalue weighted by molar-refractivity contribution is 8.14. The van der Waals surface area contributed by atoms with Crippen LogP contribution in [0.2, 0.25) is 0 Å². The van der Waals surface area contributed by atoms with E-state index in [0.717, 1.165) is 11.3 Å². The highest BCUT2D eigenvalue weighted by Crippen LogP contribution is 2.44. The van der Waals surface area contributed by atoms with Crippen molar-refractivity contribution >= 4 is 31.1 Å². The third-order valence-electron chi connectivity index (χ3n) is 2.20. The molecule has 1 heterocycles. The van der Waals surface area contributed by atoms with Crippen molar-refractivity contribution in [2.24, 2.45) is 0 Å². The lowest BCUT2D eigenvalue weighted by molar-refractivity contribution is -0.130. The largest absolute Gasteiger partial charge is 0.411 e. The molecular weight excluding hydrogens is 309 g/mol. The van der Waals surface area contributed by atoms with Crippen molar-refractivity contribution in [1.82, 2.24) is 0 Å². The summed E-state index contributed by atoms with van der Waals surface area (Å²) in [5.74, 6) is 0. The zero-order chi connectivity index (χ0) is 14.4. The van der Waals surface area contributed by atoms with Crippen LogP contribution in [0.3, 0.4) is 0 Å². The van der Waals surface area contributed by atoms with E-state index in [9.17, 15) is 21.6 Å². The lowest BCUT2D eigenvalue weighted by Crippen LogP contribution is -2.25. The van der Waals surface area contributed by atoms with E-state index in [1.165, 1.54) is 12.1 Å². The van der Waals surface area contributed by atoms with Gasteiger partial charge in [0.15, 0.2) is 0 Å². The molecule has 1 aromatic heterocycles. The van der Waals surface area contributed by atoms with E-state index in [-0.39, 0.29) is 10.3 Å². The van der Waals surface area contributed by atoms with E-state index in [1.807, 2.05) is 20.8 Å². The van der Waals surface area contributed by atoms with Crippen molar-refractivity contribution in [3.63, 3.8) is 0 Å². The fraction of sp³-hybridized carbons (Fsp3) is 0.600. The average Bonchev–Trinajstić information content (AvgIpc) is 2.45. The molecule has 1 unspecified atom stereocenters. The molecule has 0 amide bonds. The quantitative estimate of drug-likeness (QED) is 0.765. The maximum Gasteiger partial charge on any atom is 0.411 e. The Labute approximate surface area is 112 Å². The molecule has 0 fully saturated rings. The number of alkyl halides is 3. The van der Waals surface area contributed by atoms with Crippen LogP contribution in [0.5, 0.6) is 0 Å². The van der Waals surface area contributed by atoms with Gasteiger partial charge in [0.1, 0.15) is 0 Å². The highest BCUT2D eigenvalue weighted by atomic mass is 35.7. The number of halogens is 4. The third-order valence-corrected chi connectivity index (χ3v) is 5.55. The number of hydrogen-bond acceptors (Lipinski definition) is 3. The fourth-order valence-corrected chi connectivity index (χ4v) is 4.38. The van der Waals surface area contributed by atoms with Crippen molar-refractivity contribution in [1.29, 1.82) is 0 Å². The monoisotopic (exact) mass is 320 g/mol. The molecule has 0 saturated heterocycles. The van der Waals surface area contributed by atoms with Crippen LogP contribution in [0.1, 0.15) is 35.8 Å². The van der Waals surface area contributed by atoms with Gasteiger partial charge in [-0.25, -0.2) is 8.42 Å². The van der Waals surface area contributed by atoms with E-state index < -0.39 is 20.5 Å². The first-order chi connectivity index (χ1) is 7.83. The second-order valence-corrected chi connectivity index (χ2v) is 8.68. The molecule has 18 heavy (non-hydrogen) atoms. The molecule has 0 aliphatic rings. The summed E-state index contributed by atoms with van der Waals surface area (Å²) in [6, 6.07) is 2.67. The van der Waals surface area contributed by atoms with Crippen molar-refractivity contribution in [3.8, 4) is 0 Å². The smallest absolute Gasteiger partial charge is 0.211 e. The first-order valence-corrected chi connectivity index (χ1v) is 8.13. The molecule has 104 valence electrons. The number of thiophene rings is 1. The van der Waals surface area contributed by atoms with Gasteiger partial charge in [-0.3, -0.25) is 0 Å². The SMILES string of the molecule is CC(C)(C)c1ccc(C(C(F)(F)F)S(=O)(=O)Cl)s1. The zero-order valence-corrected chi connectivity index (χ0v) is 12.3. The van der Waals surface area contributed by atoms with Crippen LogP contribution < -0.4 is 0 Å². The Balaban J connectivity index is 3.30. The molecule has 0 bridgehead atoms. The molecule has 1 aromatic rings. The van der Waals surface area contributed by atoms with Crippen molar-refractivity contribution in [2.75, 3.05) is 0 Å². The van der Waals surface area contributed by atoms with Gasteiger partial charge in [0.05, 0.1) is 0 Å². The van der Waals surface area contributed by atoms with Gasteiger partial charge in [0, 0.05) is 20.4 Å². The molecule has 8 heteroatoms. The van der Waals surface area contributed by atoms with Crippen LogP contribution >= 0.6 is 22.0 Å². The second kappa shape index (κ2) is 4.68. The summed E-state index contributed by atoms with van der Waals surface area (Å²) in [5, 5.41) is -2.66. The van der Waals surface area contributed by atoms with Gasteiger partial charge in [0.2, 0.25) is 14.3 Å². The molecule has 0 radical (unpaired) electrons. The molecule has 1 atom stereocenters. The molecule has 0 saturated carbocycles. The van der Waals surface area contributed by atoms with Crippen molar-refractivity contribution in [3.05, 3.63) is 21.9 Å². The summed E-state index contributed by atoms with van der Waals surface area (Å²) in [6.45, 7) is 5.50. The van der Waals surface area contributed by atoms with Crippen LogP contribution in [0, 0.1) is 0 Å². The number of hydrogen-bond donors (Lipinski definition) is 0. The van der Waals surface area contributed by atoms with E-state index in [0.29, 0.717) is 4.88 Å². The Kier molecular flexibility index (Phi) is 4.11. The summed E-state index contributed by atoms with van der Waals surface area (Å²) in [6.07, 6.45) is -4.92. The van der Waals surface area contributed by atoms with Gasteiger partial charge in [-0.2, -0.15) is 13.2 Å². The first-order valence-electron chi connectivity index (χ1n) is 4.94. The zero-order valence-electron chi connectivity index (χ0n) is 9.88. The summed E-state index contributed by atoms with van der Waals surface area (Å²) >= 11 is 0.818. The Morgan fingerprint density at radius 3 is 2.00 bits per heavy atom. The van der Waals surface area contributed by atoms with E-state index in [2.05, 4.69) is 0 Å². The third kappa shape index (κ3) is 3.61. The summed E-state index contributed by atoms with van der Waals surface area (Å²) in [5.41, 5.74) is -0.338. The molecule has 2 nitrogen and oxygen atoms in total. The van der Waals surface area contributed by atoms with Gasteiger partial charge < -0.3 is 0 Å². The van der Waals surface area contributed by atoms with Crippen LogP contribution in [-0.4, -0.2) is 14.6 Å². The lowest BCUT2D eigenvalue weighted by Gasteiger charge is -2.17. The van der Waals surface area contributed by atoms with Crippen LogP contribution in [0.4, 0.5) is 13.2 Å². The van der Waals surface area contributed by atoms with Crippen LogP contribution in [0.15, 0.2) is 12.1 Å². The molecule has 1 rings (SSSR count). The maximum atomic E-state index is 12.8. The van der Waals surface area contributed by atoms with Gasteiger partial charge in [-0.1, -0.05) is 20.8 Å². The Hall–Kier alpha value is -0.270. The highest BCUT2D eigenvalue weighted by Gasteiger charge is 2.50. The maximum absolute atomic E-state index is 12.8. The van der Waals surface area contributed by atoms with E-state index in [1.54, 1.807) is 0 Å². The Morgan fingerprint density at radius 2 is 1.72 bits per heavy atom. The minimum Gasteiger partial charge on any atom is -0.211 e. The standard InChI is InChI=1S/C10H12ClF3O2S2/c1-9(2,3)7-5-4-6(17-7)8(10(12,13)14)18(11,15)16/h4-5,8H,1-3H3. The lowest BCUT2D eigenvalue weighted by atomic mass is 9.95. The van der Waals surface area contributed by atoms with Crippen molar-refractivity contribution < 1.29 is 21.6 Å². The van der Waals surface area contributed by atoms with E-state index in [4.69, 9.17) is 10.7 Å². The molecule has 0 N–H and O–H groups in total. The van der Waals surface area contributed by atoms with E-state index >= 15 is 0 Å². The van der Waals surface area contributed by atoms with Gasteiger partial charge in [-0.15, -0.1) is 11.3 Å². The molecule has 0 spiro atoms.